The molecule has 0 aliphatic heterocycles. The summed E-state index contributed by atoms with van der Waals surface area (Å²) in [5.74, 6) is 0.708. The number of hydrogen-bond acceptors (Lipinski definition) is 2. The highest BCUT2D eigenvalue weighted by atomic mass is 35.5. The molecule has 3 heteroatoms. The van der Waals surface area contributed by atoms with Crippen LogP contribution >= 0.6 is 11.6 Å². The molecule has 0 aliphatic carbocycles. The number of nitrogens with two attached hydrogens (primary N) is 1. The Morgan fingerprint density at radius 1 is 1.54 bits per heavy atom. The Bertz CT molecular complexity index is 312. The number of halogens is 1. The Kier molecular flexibility index (Phi) is 3.34. The zero-order valence-electron chi connectivity index (χ0n) is 7.46. The minimum absolute atomic E-state index is 0.201. The van der Waals surface area contributed by atoms with Crippen LogP contribution in [0.15, 0.2) is 30.9 Å². The maximum Gasteiger partial charge on any atom is 0.120 e. The molecule has 0 saturated heterocycles. The summed E-state index contributed by atoms with van der Waals surface area (Å²) in [6.45, 7) is 3.61. The Morgan fingerprint density at radius 2 is 2.23 bits per heavy atom. The molecule has 0 bridgehead atoms. The molecule has 2 nitrogen and oxygen atoms in total. The van der Waals surface area contributed by atoms with Crippen LogP contribution in [-0.4, -0.2) is 7.11 Å². The molecule has 1 aromatic rings. The van der Waals surface area contributed by atoms with Gasteiger partial charge in [-0.2, -0.15) is 0 Å². The Balaban J connectivity index is 3.07. The second-order valence-electron chi connectivity index (χ2n) is 2.69. The lowest BCUT2D eigenvalue weighted by molar-refractivity contribution is 0.414. The predicted molar refractivity (Wildman–Crippen MR) is 55.1 cm³/mol. The molecule has 0 saturated carbocycles. The van der Waals surface area contributed by atoms with Crippen molar-refractivity contribution in [2.24, 2.45) is 5.73 Å². The highest BCUT2D eigenvalue weighted by molar-refractivity contribution is 6.30. The van der Waals surface area contributed by atoms with Crippen LogP contribution in [0.1, 0.15) is 11.6 Å². The maximum atomic E-state index is 5.86. The topological polar surface area (TPSA) is 35.2 Å². The first-order valence-corrected chi connectivity index (χ1v) is 4.27. The van der Waals surface area contributed by atoms with Gasteiger partial charge in [-0.3, -0.25) is 0 Å². The first kappa shape index (κ1) is 10.1. The molecule has 13 heavy (non-hydrogen) atoms. The molecule has 0 amide bonds. The lowest BCUT2D eigenvalue weighted by Gasteiger charge is -2.09. The van der Waals surface area contributed by atoms with Crippen molar-refractivity contribution in [3.63, 3.8) is 0 Å². The molecular formula is C10H12ClNO. The van der Waals surface area contributed by atoms with Gasteiger partial charge in [0.2, 0.25) is 0 Å². The number of hydrogen-bond donors (Lipinski definition) is 1. The highest BCUT2D eigenvalue weighted by Gasteiger charge is 2.04. The van der Waals surface area contributed by atoms with Crippen LogP contribution in [0.25, 0.3) is 0 Å². The maximum absolute atomic E-state index is 5.86. The van der Waals surface area contributed by atoms with Crippen LogP contribution in [0.5, 0.6) is 5.75 Å². The number of rotatable bonds is 3. The molecule has 70 valence electrons. The summed E-state index contributed by atoms with van der Waals surface area (Å²) in [5, 5.41) is 0.617. The third kappa shape index (κ3) is 2.47. The largest absolute Gasteiger partial charge is 0.497 e. The van der Waals surface area contributed by atoms with E-state index in [0.29, 0.717) is 10.8 Å². The minimum atomic E-state index is -0.201. The quantitative estimate of drug-likeness (QED) is 0.756. The molecule has 0 radical (unpaired) electrons. The molecule has 2 N–H and O–H groups in total. The van der Waals surface area contributed by atoms with E-state index in [1.165, 1.54) is 0 Å². The third-order valence-electron chi connectivity index (χ3n) is 1.77. The van der Waals surface area contributed by atoms with E-state index < -0.39 is 0 Å². The molecule has 1 rings (SSSR count). The van der Waals surface area contributed by atoms with Crippen molar-refractivity contribution >= 4 is 11.6 Å². The first-order valence-electron chi connectivity index (χ1n) is 3.90. The number of ether oxygens (including phenoxy) is 1. The van der Waals surface area contributed by atoms with Crippen LogP contribution < -0.4 is 10.5 Å². The third-order valence-corrected chi connectivity index (χ3v) is 1.99. The average Bonchev–Trinajstić information content (AvgIpc) is 2.15. The van der Waals surface area contributed by atoms with E-state index >= 15 is 0 Å². The highest BCUT2D eigenvalue weighted by Crippen LogP contribution is 2.24. The first-order chi connectivity index (χ1) is 6.17. The molecule has 0 heterocycles. The van der Waals surface area contributed by atoms with E-state index in [0.717, 1.165) is 5.56 Å². The van der Waals surface area contributed by atoms with Gasteiger partial charge in [0, 0.05) is 11.1 Å². The van der Waals surface area contributed by atoms with E-state index in [2.05, 4.69) is 6.58 Å². The van der Waals surface area contributed by atoms with Crippen LogP contribution in [-0.2, 0) is 0 Å². The summed E-state index contributed by atoms with van der Waals surface area (Å²) in [7, 11) is 1.59. The average molecular weight is 198 g/mol. The summed E-state index contributed by atoms with van der Waals surface area (Å²) >= 11 is 5.86. The van der Waals surface area contributed by atoms with E-state index in [4.69, 9.17) is 22.1 Å². The standard InChI is InChI=1S/C10H12ClNO/c1-3-10(12)7-4-8(11)6-9(5-7)13-2/h3-6,10H,1,12H2,2H3. The van der Waals surface area contributed by atoms with Crippen LogP contribution in [0.3, 0.4) is 0 Å². The number of methoxy groups -OCH3 is 1. The van der Waals surface area contributed by atoms with Crippen molar-refractivity contribution in [2.45, 2.75) is 6.04 Å². The molecular weight excluding hydrogens is 186 g/mol. The van der Waals surface area contributed by atoms with Gasteiger partial charge in [0.25, 0.3) is 0 Å². The smallest absolute Gasteiger partial charge is 0.120 e. The van der Waals surface area contributed by atoms with Gasteiger partial charge in [0.15, 0.2) is 0 Å². The summed E-state index contributed by atoms with van der Waals surface area (Å²) in [4.78, 5) is 0. The van der Waals surface area contributed by atoms with Crippen LogP contribution in [0, 0.1) is 0 Å². The lowest BCUT2D eigenvalue weighted by atomic mass is 10.1. The lowest BCUT2D eigenvalue weighted by Crippen LogP contribution is -2.06. The van der Waals surface area contributed by atoms with Gasteiger partial charge in [-0.1, -0.05) is 17.7 Å². The summed E-state index contributed by atoms with van der Waals surface area (Å²) in [6.07, 6.45) is 1.66. The Labute approximate surface area is 83.0 Å². The zero-order chi connectivity index (χ0) is 9.84. The van der Waals surface area contributed by atoms with Crippen molar-refractivity contribution in [3.05, 3.63) is 41.4 Å². The van der Waals surface area contributed by atoms with E-state index in [1.807, 2.05) is 6.07 Å². The minimum Gasteiger partial charge on any atom is -0.497 e. The fourth-order valence-corrected chi connectivity index (χ4v) is 1.26. The molecule has 1 aromatic carbocycles. The van der Waals surface area contributed by atoms with Crippen molar-refractivity contribution in [3.8, 4) is 5.75 Å². The van der Waals surface area contributed by atoms with Crippen molar-refractivity contribution in [1.82, 2.24) is 0 Å². The predicted octanol–water partition coefficient (Wildman–Crippen LogP) is 2.53. The Morgan fingerprint density at radius 3 is 2.77 bits per heavy atom. The second-order valence-corrected chi connectivity index (χ2v) is 3.12. The SMILES string of the molecule is C=CC(N)c1cc(Cl)cc(OC)c1. The molecule has 1 atom stereocenters. The molecule has 0 aliphatic rings. The zero-order valence-corrected chi connectivity index (χ0v) is 8.21. The van der Waals surface area contributed by atoms with Crippen molar-refractivity contribution < 1.29 is 4.74 Å². The molecule has 0 spiro atoms. The van der Waals surface area contributed by atoms with E-state index in [1.54, 1.807) is 25.3 Å². The normalized spacial score (nSPS) is 12.2. The van der Waals surface area contributed by atoms with Gasteiger partial charge in [-0.15, -0.1) is 6.58 Å². The summed E-state index contributed by atoms with van der Waals surface area (Å²) < 4.78 is 5.06. The van der Waals surface area contributed by atoms with Gasteiger partial charge in [0.05, 0.1) is 7.11 Å². The molecule has 0 fully saturated rings. The fraction of sp³-hybridized carbons (Fsp3) is 0.200. The van der Waals surface area contributed by atoms with Gasteiger partial charge in [-0.05, 0) is 23.8 Å². The van der Waals surface area contributed by atoms with Gasteiger partial charge < -0.3 is 10.5 Å². The van der Waals surface area contributed by atoms with Gasteiger partial charge >= 0.3 is 0 Å². The second kappa shape index (κ2) is 4.30. The van der Waals surface area contributed by atoms with Gasteiger partial charge in [-0.25, -0.2) is 0 Å². The Hall–Kier alpha value is -0.990. The summed E-state index contributed by atoms with van der Waals surface area (Å²) in [6, 6.07) is 5.18. The van der Waals surface area contributed by atoms with Gasteiger partial charge in [0.1, 0.15) is 5.75 Å². The monoisotopic (exact) mass is 197 g/mol. The van der Waals surface area contributed by atoms with Crippen molar-refractivity contribution in [1.29, 1.82) is 0 Å². The van der Waals surface area contributed by atoms with Crippen LogP contribution in [0.4, 0.5) is 0 Å². The molecule has 0 aromatic heterocycles. The van der Waals surface area contributed by atoms with Crippen LogP contribution in [0.2, 0.25) is 5.02 Å². The number of benzene rings is 1. The van der Waals surface area contributed by atoms with E-state index in [-0.39, 0.29) is 6.04 Å². The fourth-order valence-electron chi connectivity index (χ4n) is 1.03. The van der Waals surface area contributed by atoms with E-state index in [9.17, 15) is 0 Å². The summed E-state index contributed by atoms with van der Waals surface area (Å²) in [5.41, 5.74) is 6.66. The molecule has 1 unspecified atom stereocenters. The van der Waals surface area contributed by atoms with Crippen molar-refractivity contribution in [2.75, 3.05) is 7.11 Å².